The van der Waals surface area contributed by atoms with Crippen LogP contribution in [0.1, 0.15) is 11.3 Å². The zero-order valence-electron chi connectivity index (χ0n) is 28.1. The smallest absolute Gasteiger partial charge is 0.0538 e. The van der Waals surface area contributed by atoms with E-state index in [1.807, 2.05) is 0 Å². The molecule has 0 spiro atoms. The van der Waals surface area contributed by atoms with Crippen molar-refractivity contribution in [3.63, 3.8) is 0 Å². The van der Waals surface area contributed by atoms with Crippen molar-refractivity contribution in [1.82, 2.24) is 9.88 Å². The summed E-state index contributed by atoms with van der Waals surface area (Å²) in [7, 11) is 0. The summed E-state index contributed by atoms with van der Waals surface area (Å²) in [6.07, 6.45) is 4.24. The fraction of sp³-hybridized carbons (Fsp3) is 0.0204. The van der Waals surface area contributed by atoms with Crippen molar-refractivity contribution in [2.24, 2.45) is 0 Å². The first-order chi connectivity index (χ1) is 25.3. The second kappa shape index (κ2) is 12.0. The van der Waals surface area contributed by atoms with Crippen molar-refractivity contribution in [2.75, 3.05) is 0 Å². The van der Waals surface area contributed by atoms with E-state index in [2.05, 4.69) is 198 Å². The van der Waals surface area contributed by atoms with Crippen LogP contribution in [-0.4, -0.2) is 4.57 Å². The predicted molar refractivity (Wildman–Crippen MR) is 216 cm³/mol. The summed E-state index contributed by atoms with van der Waals surface area (Å²) in [6.45, 7) is 0.847. The van der Waals surface area contributed by atoms with Crippen LogP contribution in [0, 0.1) is 0 Å². The fourth-order valence-electron chi connectivity index (χ4n) is 8.11. The maximum absolute atomic E-state index is 3.39. The third kappa shape index (κ3) is 4.87. The monoisotopic (exact) mass is 650 g/mol. The van der Waals surface area contributed by atoms with Crippen LogP contribution in [0.15, 0.2) is 182 Å². The van der Waals surface area contributed by atoms with Gasteiger partial charge in [-0.15, -0.1) is 0 Å². The van der Waals surface area contributed by atoms with Crippen molar-refractivity contribution in [2.45, 2.75) is 6.54 Å². The molecule has 1 aliphatic rings. The molecule has 0 aliphatic carbocycles. The van der Waals surface area contributed by atoms with Crippen molar-refractivity contribution in [1.29, 1.82) is 0 Å². The summed E-state index contributed by atoms with van der Waals surface area (Å²) >= 11 is 0. The number of hydrogen-bond acceptors (Lipinski definition) is 1. The molecule has 0 saturated carbocycles. The van der Waals surface area contributed by atoms with Crippen molar-refractivity contribution >= 4 is 38.5 Å². The molecule has 0 amide bonds. The van der Waals surface area contributed by atoms with Gasteiger partial charge in [-0.3, -0.25) is 0 Å². The highest BCUT2D eigenvalue weighted by atomic mass is 15.0. The molecule has 240 valence electrons. The minimum absolute atomic E-state index is 0.847. The molecule has 0 bridgehead atoms. The van der Waals surface area contributed by atoms with Gasteiger partial charge < -0.3 is 9.88 Å². The molecular formula is C49H34N2. The standard InChI is InChI=1S/C49H34N2/c1-3-11-36(12-4-1)48-41-16-7-8-17-42(41)49(37-13-5-2-6-14-37)44-31-38(25-28-43(44)48)35-21-19-33(20-22-35)34-23-26-39(27-24-34)51-46-18-10-9-15-40(46)45-32-50-30-29-47(45)51/h1-31,50H,32H2. The van der Waals surface area contributed by atoms with E-state index in [0.29, 0.717) is 0 Å². The highest BCUT2D eigenvalue weighted by Crippen LogP contribution is 2.45. The van der Waals surface area contributed by atoms with E-state index in [1.165, 1.54) is 93.9 Å². The van der Waals surface area contributed by atoms with Crippen LogP contribution >= 0.6 is 0 Å². The molecule has 10 rings (SSSR count). The minimum atomic E-state index is 0.847. The molecule has 2 heteroatoms. The Morgan fingerprint density at radius 2 is 0.882 bits per heavy atom. The highest BCUT2D eigenvalue weighted by molar-refractivity contribution is 6.22. The zero-order chi connectivity index (χ0) is 33.7. The van der Waals surface area contributed by atoms with Crippen molar-refractivity contribution in [3.05, 3.63) is 193 Å². The molecule has 2 heterocycles. The Morgan fingerprint density at radius 3 is 1.53 bits per heavy atom. The van der Waals surface area contributed by atoms with Crippen LogP contribution in [0.4, 0.5) is 0 Å². The summed E-state index contributed by atoms with van der Waals surface area (Å²) in [5.41, 5.74) is 14.9. The Morgan fingerprint density at radius 1 is 0.392 bits per heavy atom. The number of hydrogen-bond donors (Lipinski definition) is 1. The van der Waals surface area contributed by atoms with Gasteiger partial charge in [-0.05, 0) is 103 Å². The molecule has 1 aliphatic heterocycles. The first-order valence-electron chi connectivity index (χ1n) is 17.6. The van der Waals surface area contributed by atoms with Crippen molar-refractivity contribution < 1.29 is 0 Å². The normalized spacial score (nSPS) is 12.3. The molecule has 51 heavy (non-hydrogen) atoms. The third-order valence-corrected chi connectivity index (χ3v) is 10.5. The van der Waals surface area contributed by atoms with Crippen LogP contribution in [-0.2, 0) is 6.54 Å². The van der Waals surface area contributed by atoms with Gasteiger partial charge in [0.05, 0.1) is 11.2 Å². The molecular weight excluding hydrogens is 617 g/mol. The topological polar surface area (TPSA) is 17.0 Å². The number of nitrogens with zero attached hydrogens (tertiary/aromatic N) is 1. The molecule has 0 fully saturated rings. The molecule has 0 radical (unpaired) electrons. The van der Waals surface area contributed by atoms with Gasteiger partial charge in [0.25, 0.3) is 0 Å². The van der Waals surface area contributed by atoms with Gasteiger partial charge in [0.1, 0.15) is 0 Å². The molecule has 8 aromatic carbocycles. The average molecular weight is 651 g/mol. The predicted octanol–water partition coefficient (Wildman–Crippen LogP) is 12.7. The Hall–Kier alpha value is -6.64. The van der Waals surface area contributed by atoms with Crippen LogP contribution in [0.5, 0.6) is 0 Å². The molecule has 1 aromatic heterocycles. The van der Waals surface area contributed by atoms with Crippen LogP contribution in [0.25, 0.3) is 88.7 Å². The van der Waals surface area contributed by atoms with Crippen LogP contribution < -0.4 is 5.32 Å². The van der Waals surface area contributed by atoms with E-state index in [4.69, 9.17) is 0 Å². The third-order valence-electron chi connectivity index (χ3n) is 10.5. The Bertz CT molecular complexity index is 2750. The summed E-state index contributed by atoms with van der Waals surface area (Å²) in [5.74, 6) is 0. The van der Waals surface area contributed by atoms with Gasteiger partial charge >= 0.3 is 0 Å². The first kappa shape index (κ1) is 29.3. The largest absolute Gasteiger partial charge is 0.387 e. The Labute approximate surface area is 297 Å². The molecule has 0 atom stereocenters. The minimum Gasteiger partial charge on any atom is -0.387 e. The summed E-state index contributed by atoms with van der Waals surface area (Å²) in [4.78, 5) is 0. The number of rotatable bonds is 5. The summed E-state index contributed by atoms with van der Waals surface area (Å²) < 4.78 is 2.38. The quantitative estimate of drug-likeness (QED) is 0.183. The number of benzene rings is 8. The van der Waals surface area contributed by atoms with E-state index < -0.39 is 0 Å². The average Bonchev–Trinajstić information content (AvgIpc) is 3.55. The molecule has 9 aromatic rings. The maximum atomic E-state index is 3.39. The lowest BCUT2D eigenvalue weighted by molar-refractivity contribution is 0.855. The van der Waals surface area contributed by atoms with E-state index in [0.717, 1.165) is 6.54 Å². The first-order valence-corrected chi connectivity index (χ1v) is 17.6. The Kier molecular flexibility index (Phi) is 6.92. The SMILES string of the molecule is C1=Cc2c(c3ccccc3n2-c2ccc(-c3ccc(-c4ccc5c(-c6ccccc6)c6ccccc6c(-c6ccccc6)c5c4)cc3)cc2)CN1. The van der Waals surface area contributed by atoms with Gasteiger partial charge in [0.2, 0.25) is 0 Å². The van der Waals surface area contributed by atoms with Gasteiger partial charge in [-0.2, -0.15) is 0 Å². The summed E-state index contributed by atoms with van der Waals surface area (Å²) in [6, 6.07) is 64.2. The summed E-state index contributed by atoms with van der Waals surface area (Å²) in [5, 5.41) is 9.77. The van der Waals surface area contributed by atoms with E-state index >= 15 is 0 Å². The molecule has 0 unspecified atom stereocenters. The van der Waals surface area contributed by atoms with E-state index in [1.54, 1.807) is 0 Å². The van der Waals surface area contributed by atoms with E-state index in [9.17, 15) is 0 Å². The second-order valence-electron chi connectivity index (χ2n) is 13.3. The molecule has 2 nitrogen and oxygen atoms in total. The lowest BCUT2D eigenvalue weighted by Crippen LogP contribution is -2.10. The molecule has 0 saturated heterocycles. The Balaban J connectivity index is 1.06. The second-order valence-corrected chi connectivity index (χ2v) is 13.3. The number of para-hydroxylation sites is 1. The lowest BCUT2D eigenvalue weighted by atomic mass is 9.85. The van der Waals surface area contributed by atoms with E-state index in [-0.39, 0.29) is 0 Å². The number of fused-ring (bicyclic) bond motifs is 5. The molecule has 1 N–H and O–H groups in total. The van der Waals surface area contributed by atoms with Gasteiger partial charge in [0, 0.05) is 23.2 Å². The zero-order valence-corrected chi connectivity index (χ0v) is 28.1. The van der Waals surface area contributed by atoms with Gasteiger partial charge in [-0.1, -0.05) is 152 Å². The van der Waals surface area contributed by atoms with Crippen LogP contribution in [0.3, 0.4) is 0 Å². The highest BCUT2D eigenvalue weighted by Gasteiger charge is 2.19. The maximum Gasteiger partial charge on any atom is 0.0538 e. The number of aromatic nitrogens is 1. The fourth-order valence-corrected chi connectivity index (χ4v) is 8.11. The number of nitrogens with one attached hydrogen (secondary N) is 1. The lowest BCUT2D eigenvalue weighted by Gasteiger charge is -2.18. The van der Waals surface area contributed by atoms with Gasteiger partial charge in [0.15, 0.2) is 0 Å². The van der Waals surface area contributed by atoms with Crippen LogP contribution in [0.2, 0.25) is 0 Å². The van der Waals surface area contributed by atoms with Crippen molar-refractivity contribution in [3.8, 4) is 50.2 Å². The van der Waals surface area contributed by atoms with Gasteiger partial charge in [-0.25, -0.2) is 0 Å².